The minimum absolute atomic E-state index is 0.0556. The van der Waals surface area contributed by atoms with E-state index in [0.29, 0.717) is 13.0 Å². The SMILES string of the molecule is CN(C)Cc1cccc(N2CC(Cl)CC2=O)c1. The molecule has 1 heterocycles. The lowest BCUT2D eigenvalue weighted by Crippen LogP contribution is -2.24. The van der Waals surface area contributed by atoms with E-state index < -0.39 is 0 Å². The first-order valence-electron chi connectivity index (χ1n) is 5.74. The molecule has 1 atom stereocenters. The van der Waals surface area contributed by atoms with Crippen LogP contribution >= 0.6 is 11.6 Å². The Balaban J connectivity index is 2.18. The summed E-state index contributed by atoms with van der Waals surface area (Å²) < 4.78 is 0. The number of halogens is 1. The normalized spacial score (nSPS) is 20.4. The van der Waals surface area contributed by atoms with Crippen LogP contribution < -0.4 is 4.90 Å². The fraction of sp³-hybridized carbons (Fsp3) is 0.462. The number of amides is 1. The molecule has 0 radical (unpaired) electrons. The van der Waals surface area contributed by atoms with Crippen LogP contribution in [0.15, 0.2) is 24.3 Å². The predicted molar refractivity (Wildman–Crippen MR) is 70.4 cm³/mol. The van der Waals surface area contributed by atoms with Crippen molar-refractivity contribution in [3.63, 3.8) is 0 Å². The van der Waals surface area contributed by atoms with E-state index in [-0.39, 0.29) is 11.3 Å². The zero-order chi connectivity index (χ0) is 12.4. The van der Waals surface area contributed by atoms with E-state index in [2.05, 4.69) is 17.0 Å². The van der Waals surface area contributed by atoms with Crippen molar-refractivity contribution < 1.29 is 4.79 Å². The van der Waals surface area contributed by atoms with Crippen LogP contribution in [-0.4, -0.2) is 36.8 Å². The monoisotopic (exact) mass is 252 g/mol. The lowest BCUT2D eigenvalue weighted by molar-refractivity contribution is -0.117. The third kappa shape index (κ3) is 2.99. The molecule has 17 heavy (non-hydrogen) atoms. The van der Waals surface area contributed by atoms with Crippen LogP contribution in [0.2, 0.25) is 0 Å². The van der Waals surface area contributed by atoms with E-state index >= 15 is 0 Å². The molecule has 4 heteroatoms. The minimum Gasteiger partial charge on any atom is -0.311 e. The fourth-order valence-electron chi connectivity index (χ4n) is 2.10. The molecule has 1 unspecified atom stereocenters. The van der Waals surface area contributed by atoms with Gasteiger partial charge in [-0.05, 0) is 31.8 Å². The Morgan fingerprint density at radius 3 is 2.82 bits per heavy atom. The predicted octanol–water partition coefficient (Wildman–Crippen LogP) is 2.09. The third-order valence-electron chi connectivity index (χ3n) is 2.80. The van der Waals surface area contributed by atoms with E-state index in [1.165, 1.54) is 5.56 Å². The van der Waals surface area contributed by atoms with E-state index in [4.69, 9.17) is 11.6 Å². The number of nitrogens with zero attached hydrogens (tertiary/aromatic N) is 2. The molecule has 0 aliphatic carbocycles. The second-order valence-electron chi connectivity index (χ2n) is 4.71. The van der Waals surface area contributed by atoms with Gasteiger partial charge in [-0.25, -0.2) is 0 Å². The van der Waals surface area contributed by atoms with Crippen molar-refractivity contribution in [3.05, 3.63) is 29.8 Å². The lowest BCUT2D eigenvalue weighted by atomic mass is 10.2. The van der Waals surface area contributed by atoms with Crippen LogP contribution in [-0.2, 0) is 11.3 Å². The zero-order valence-electron chi connectivity index (χ0n) is 10.2. The van der Waals surface area contributed by atoms with Crippen molar-refractivity contribution in [3.8, 4) is 0 Å². The number of alkyl halides is 1. The van der Waals surface area contributed by atoms with Crippen molar-refractivity contribution in [1.82, 2.24) is 4.90 Å². The van der Waals surface area contributed by atoms with E-state index in [9.17, 15) is 4.79 Å². The molecule has 0 aromatic heterocycles. The van der Waals surface area contributed by atoms with Crippen LogP contribution in [0.1, 0.15) is 12.0 Å². The van der Waals surface area contributed by atoms with Gasteiger partial charge in [-0.1, -0.05) is 12.1 Å². The summed E-state index contributed by atoms with van der Waals surface area (Å²) in [5.41, 5.74) is 2.16. The molecular formula is C13H17ClN2O. The number of anilines is 1. The van der Waals surface area contributed by atoms with Crippen molar-refractivity contribution >= 4 is 23.2 Å². The minimum atomic E-state index is -0.0556. The third-order valence-corrected chi connectivity index (χ3v) is 3.09. The van der Waals surface area contributed by atoms with Gasteiger partial charge in [0.25, 0.3) is 0 Å². The molecule has 1 amide bonds. The molecule has 1 fully saturated rings. The van der Waals surface area contributed by atoms with Gasteiger partial charge in [0.15, 0.2) is 0 Å². The Morgan fingerprint density at radius 1 is 1.47 bits per heavy atom. The van der Waals surface area contributed by atoms with E-state index in [0.717, 1.165) is 12.2 Å². The summed E-state index contributed by atoms with van der Waals surface area (Å²) in [5, 5.41) is -0.0556. The number of hydrogen-bond donors (Lipinski definition) is 0. The van der Waals surface area contributed by atoms with Crippen LogP contribution in [0.25, 0.3) is 0 Å². The molecule has 1 aliphatic heterocycles. The van der Waals surface area contributed by atoms with Gasteiger partial charge in [0.2, 0.25) is 5.91 Å². The maximum absolute atomic E-state index is 11.7. The summed E-state index contributed by atoms with van der Waals surface area (Å²) >= 11 is 6.01. The molecule has 1 aliphatic rings. The summed E-state index contributed by atoms with van der Waals surface area (Å²) in [4.78, 5) is 15.6. The first-order chi connectivity index (χ1) is 8.06. The number of benzene rings is 1. The Morgan fingerprint density at radius 2 is 2.24 bits per heavy atom. The molecule has 2 rings (SSSR count). The highest BCUT2D eigenvalue weighted by Gasteiger charge is 2.29. The zero-order valence-corrected chi connectivity index (χ0v) is 10.9. The van der Waals surface area contributed by atoms with E-state index in [1.54, 1.807) is 4.90 Å². The molecular weight excluding hydrogens is 236 g/mol. The van der Waals surface area contributed by atoms with Crippen molar-refractivity contribution in [2.24, 2.45) is 0 Å². The first-order valence-corrected chi connectivity index (χ1v) is 6.18. The highest BCUT2D eigenvalue weighted by atomic mass is 35.5. The molecule has 1 aromatic rings. The van der Waals surface area contributed by atoms with Gasteiger partial charge in [-0.3, -0.25) is 4.79 Å². The van der Waals surface area contributed by atoms with Gasteiger partial charge in [-0.2, -0.15) is 0 Å². The highest BCUT2D eigenvalue weighted by molar-refractivity contribution is 6.24. The molecule has 0 N–H and O–H groups in total. The Bertz CT molecular complexity index is 420. The summed E-state index contributed by atoms with van der Waals surface area (Å²) in [5.74, 6) is 0.118. The second-order valence-corrected chi connectivity index (χ2v) is 5.33. The topological polar surface area (TPSA) is 23.6 Å². The largest absolute Gasteiger partial charge is 0.311 e. The summed E-state index contributed by atoms with van der Waals surface area (Å²) in [7, 11) is 4.06. The smallest absolute Gasteiger partial charge is 0.228 e. The number of carbonyl (C=O) groups excluding carboxylic acids is 1. The van der Waals surface area contributed by atoms with Crippen molar-refractivity contribution in [2.45, 2.75) is 18.3 Å². The second kappa shape index (κ2) is 5.07. The van der Waals surface area contributed by atoms with Crippen LogP contribution in [0, 0.1) is 0 Å². The Hall–Kier alpha value is -1.06. The van der Waals surface area contributed by atoms with Gasteiger partial charge in [0.05, 0.1) is 5.38 Å². The van der Waals surface area contributed by atoms with Gasteiger partial charge >= 0.3 is 0 Å². The van der Waals surface area contributed by atoms with Gasteiger partial charge < -0.3 is 9.80 Å². The van der Waals surface area contributed by atoms with E-state index in [1.807, 2.05) is 26.2 Å². The average Bonchev–Trinajstić information content (AvgIpc) is 2.57. The van der Waals surface area contributed by atoms with Crippen molar-refractivity contribution in [2.75, 3.05) is 25.5 Å². The van der Waals surface area contributed by atoms with Crippen LogP contribution in [0.3, 0.4) is 0 Å². The number of hydrogen-bond acceptors (Lipinski definition) is 2. The molecule has 0 bridgehead atoms. The van der Waals surface area contributed by atoms with Gasteiger partial charge in [0, 0.05) is 25.2 Å². The van der Waals surface area contributed by atoms with Crippen molar-refractivity contribution in [1.29, 1.82) is 0 Å². The number of carbonyl (C=O) groups is 1. The maximum Gasteiger partial charge on any atom is 0.228 e. The molecule has 0 spiro atoms. The van der Waals surface area contributed by atoms with Crippen LogP contribution in [0.5, 0.6) is 0 Å². The highest BCUT2D eigenvalue weighted by Crippen LogP contribution is 2.25. The average molecular weight is 253 g/mol. The Kier molecular flexibility index (Phi) is 3.69. The summed E-state index contributed by atoms with van der Waals surface area (Å²) in [6, 6.07) is 8.09. The lowest BCUT2D eigenvalue weighted by Gasteiger charge is -2.18. The quantitative estimate of drug-likeness (QED) is 0.770. The fourth-order valence-corrected chi connectivity index (χ4v) is 2.37. The first kappa shape index (κ1) is 12.4. The van der Waals surface area contributed by atoms with Gasteiger partial charge in [0.1, 0.15) is 0 Å². The molecule has 1 saturated heterocycles. The Labute approximate surface area is 107 Å². The summed E-state index contributed by atoms with van der Waals surface area (Å²) in [6.45, 7) is 1.49. The standard InChI is InChI=1S/C13H17ClN2O/c1-15(2)8-10-4-3-5-12(6-10)16-9-11(14)7-13(16)17/h3-6,11H,7-9H2,1-2H3. The molecule has 92 valence electrons. The summed E-state index contributed by atoms with van der Waals surface area (Å²) in [6.07, 6.45) is 0.444. The molecule has 1 aromatic carbocycles. The molecule has 3 nitrogen and oxygen atoms in total. The maximum atomic E-state index is 11.7. The molecule has 0 saturated carbocycles. The van der Waals surface area contributed by atoms with Gasteiger partial charge in [-0.15, -0.1) is 11.6 Å². The van der Waals surface area contributed by atoms with Crippen LogP contribution in [0.4, 0.5) is 5.69 Å². The number of rotatable bonds is 3.